The summed E-state index contributed by atoms with van der Waals surface area (Å²) in [7, 11) is 1.79. The van der Waals surface area contributed by atoms with E-state index in [2.05, 4.69) is 0 Å². The van der Waals surface area contributed by atoms with Gasteiger partial charge in [0.15, 0.2) is 0 Å². The summed E-state index contributed by atoms with van der Waals surface area (Å²) in [6.45, 7) is 1.22. The molecule has 1 aromatic carbocycles. The Hall–Kier alpha value is -1.62. The highest BCUT2D eigenvalue weighted by molar-refractivity contribution is 7.89. The highest BCUT2D eigenvalue weighted by Crippen LogP contribution is 2.22. The molecule has 6 nitrogen and oxygen atoms in total. The van der Waals surface area contributed by atoms with Crippen LogP contribution in [-0.4, -0.2) is 51.9 Å². The first-order chi connectivity index (χ1) is 9.28. The van der Waals surface area contributed by atoms with E-state index in [1.54, 1.807) is 0 Å². The van der Waals surface area contributed by atoms with Crippen molar-refractivity contribution in [1.82, 2.24) is 9.21 Å². The van der Waals surface area contributed by atoms with Crippen molar-refractivity contribution in [3.63, 3.8) is 0 Å². The Morgan fingerprint density at radius 2 is 1.90 bits per heavy atom. The van der Waals surface area contributed by atoms with Crippen LogP contribution in [0.25, 0.3) is 0 Å². The fourth-order valence-electron chi connectivity index (χ4n) is 1.75. The van der Waals surface area contributed by atoms with Gasteiger partial charge >= 0.3 is 0 Å². The zero-order valence-corrected chi connectivity index (χ0v) is 12.8. The molecule has 0 fully saturated rings. The predicted octanol–water partition coefficient (Wildman–Crippen LogP) is 0.713. The molecule has 7 heteroatoms. The Balaban J connectivity index is 2.91. The van der Waals surface area contributed by atoms with E-state index in [9.17, 15) is 8.42 Å². The molecule has 0 heterocycles. The number of hydrogen-bond donors (Lipinski definition) is 1. The number of nitrogens with zero attached hydrogens (tertiary/aromatic N) is 3. The summed E-state index contributed by atoms with van der Waals surface area (Å²) in [4.78, 5) is 2.04. The van der Waals surface area contributed by atoms with Crippen LogP contribution in [0.2, 0.25) is 0 Å². The van der Waals surface area contributed by atoms with Crippen LogP contribution in [0.15, 0.2) is 23.1 Å². The van der Waals surface area contributed by atoms with E-state index in [1.165, 1.54) is 29.6 Å². The SMILES string of the molecule is CN(C)CCCN(C)S(=O)(=O)c1ccc(C#N)cc1N. The van der Waals surface area contributed by atoms with Gasteiger partial charge < -0.3 is 10.6 Å². The first kappa shape index (κ1) is 16.4. The minimum atomic E-state index is -3.61. The van der Waals surface area contributed by atoms with Gasteiger partial charge in [-0.1, -0.05) is 0 Å². The van der Waals surface area contributed by atoms with Gasteiger partial charge in [0, 0.05) is 13.6 Å². The summed E-state index contributed by atoms with van der Waals surface area (Å²) in [5, 5.41) is 8.76. The molecule has 0 radical (unpaired) electrons. The molecule has 1 rings (SSSR count). The average Bonchev–Trinajstić information content (AvgIpc) is 2.37. The van der Waals surface area contributed by atoms with Gasteiger partial charge in [0.1, 0.15) is 4.90 Å². The van der Waals surface area contributed by atoms with Gasteiger partial charge in [0.05, 0.1) is 17.3 Å². The molecule has 0 aliphatic carbocycles. The van der Waals surface area contributed by atoms with Crippen molar-refractivity contribution in [3.8, 4) is 6.07 Å². The lowest BCUT2D eigenvalue weighted by Crippen LogP contribution is -2.30. The quantitative estimate of drug-likeness (QED) is 0.781. The summed E-state index contributed by atoms with van der Waals surface area (Å²) in [5.74, 6) is 0. The number of nitrogen functional groups attached to an aromatic ring is 1. The maximum absolute atomic E-state index is 12.4. The van der Waals surface area contributed by atoms with Crippen LogP contribution in [0, 0.1) is 11.3 Å². The zero-order chi connectivity index (χ0) is 15.3. The Labute approximate surface area is 120 Å². The maximum Gasteiger partial charge on any atom is 0.244 e. The number of nitriles is 1. The standard InChI is InChI=1S/C13H20N4O2S/c1-16(2)7-4-8-17(3)20(18,19)13-6-5-11(10-14)9-12(13)15/h5-6,9H,4,7-8,15H2,1-3H3. The van der Waals surface area contributed by atoms with Crippen LogP contribution < -0.4 is 5.73 Å². The molecule has 0 bridgehead atoms. The average molecular weight is 296 g/mol. The molecule has 2 N–H and O–H groups in total. The lowest BCUT2D eigenvalue weighted by Gasteiger charge is -2.19. The van der Waals surface area contributed by atoms with Gasteiger partial charge in [-0.25, -0.2) is 12.7 Å². The first-order valence-electron chi connectivity index (χ1n) is 6.19. The van der Waals surface area contributed by atoms with Crippen molar-refractivity contribution in [3.05, 3.63) is 23.8 Å². The molecule has 0 saturated carbocycles. The second-order valence-electron chi connectivity index (χ2n) is 4.85. The van der Waals surface area contributed by atoms with Gasteiger partial charge in [-0.05, 0) is 45.3 Å². The fraction of sp³-hybridized carbons (Fsp3) is 0.462. The van der Waals surface area contributed by atoms with Crippen molar-refractivity contribution < 1.29 is 8.42 Å². The van der Waals surface area contributed by atoms with E-state index in [0.29, 0.717) is 12.1 Å². The van der Waals surface area contributed by atoms with Gasteiger partial charge in [0.25, 0.3) is 0 Å². The van der Waals surface area contributed by atoms with E-state index in [4.69, 9.17) is 11.0 Å². The maximum atomic E-state index is 12.4. The Bertz CT molecular complexity index is 605. The molecule has 0 aliphatic rings. The Morgan fingerprint density at radius 1 is 1.25 bits per heavy atom. The molecular weight excluding hydrogens is 276 g/mol. The van der Waals surface area contributed by atoms with Gasteiger partial charge in [-0.2, -0.15) is 5.26 Å². The summed E-state index contributed by atoms with van der Waals surface area (Å²) in [5.41, 5.74) is 6.18. The molecule has 110 valence electrons. The molecule has 0 atom stereocenters. The monoisotopic (exact) mass is 296 g/mol. The molecule has 0 unspecified atom stereocenters. The Morgan fingerprint density at radius 3 is 2.40 bits per heavy atom. The van der Waals surface area contributed by atoms with Crippen LogP contribution >= 0.6 is 0 Å². The third kappa shape index (κ3) is 3.93. The van der Waals surface area contributed by atoms with E-state index in [0.717, 1.165) is 13.0 Å². The van der Waals surface area contributed by atoms with Crippen LogP contribution in [0.5, 0.6) is 0 Å². The van der Waals surface area contributed by atoms with Crippen LogP contribution in [-0.2, 0) is 10.0 Å². The van der Waals surface area contributed by atoms with Crippen LogP contribution in [0.4, 0.5) is 5.69 Å². The van der Waals surface area contributed by atoms with Crippen molar-refractivity contribution >= 4 is 15.7 Å². The summed E-state index contributed by atoms with van der Waals surface area (Å²) >= 11 is 0. The van der Waals surface area contributed by atoms with E-state index in [1.807, 2.05) is 25.1 Å². The minimum Gasteiger partial charge on any atom is -0.398 e. The lowest BCUT2D eigenvalue weighted by molar-refractivity contribution is 0.370. The molecule has 1 aromatic rings. The highest BCUT2D eigenvalue weighted by Gasteiger charge is 2.23. The Kier molecular flexibility index (Phi) is 5.51. The van der Waals surface area contributed by atoms with E-state index in [-0.39, 0.29) is 10.6 Å². The van der Waals surface area contributed by atoms with Crippen LogP contribution in [0.1, 0.15) is 12.0 Å². The minimum absolute atomic E-state index is 0.0452. The third-order valence-corrected chi connectivity index (χ3v) is 4.84. The summed E-state index contributed by atoms with van der Waals surface area (Å²) < 4.78 is 26.0. The summed E-state index contributed by atoms with van der Waals surface area (Å²) in [6.07, 6.45) is 0.735. The largest absolute Gasteiger partial charge is 0.398 e. The number of hydrogen-bond acceptors (Lipinski definition) is 5. The van der Waals surface area contributed by atoms with Crippen molar-refractivity contribution in [2.75, 3.05) is 40.0 Å². The van der Waals surface area contributed by atoms with E-state index >= 15 is 0 Å². The van der Waals surface area contributed by atoms with Gasteiger partial charge in [0.2, 0.25) is 10.0 Å². The topological polar surface area (TPSA) is 90.4 Å². The molecule has 20 heavy (non-hydrogen) atoms. The number of sulfonamides is 1. The number of nitrogens with two attached hydrogens (primary N) is 1. The second kappa shape index (κ2) is 6.70. The first-order valence-corrected chi connectivity index (χ1v) is 7.63. The van der Waals surface area contributed by atoms with Crippen LogP contribution in [0.3, 0.4) is 0 Å². The fourth-order valence-corrected chi connectivity index (χ4v) is 3.05. The predicted molar refractivity (Wildman–Crippen MR) is 78.6 cm³/mol. The lowest BCUT2D eigenvalue weighted by atomic mass is 10.2. The number of benzene rings is 1. The number of anilines is 1. The van der Waals surface area contributed by atoms with Gasteiger partial charge in [-0.15, -0.1) is 0 Å². The molecule has 0 spiro atoms. The van der Waals surface area contributed by atoms with Crippen molar-refractivity contribution in [2.45, 2.75) is 11.3 Å². The molecule has 0 aliphatic heterocycles. The molecule has 0 amide bonds. The molecule has 0 aromatic heterocycles. The molecule has 0 saturated heterocycles. The second-order valence-corrected chi connectivity index (χ2v) is 6.86. The third-order valence-electron chi connectivity index (χ3n) is 2.91. The van der Waals surface area contributed by atoms with Crippen molar-refractivity contribution in [1.29, 1.82) is 5.26 Å². The number of rotatable bonds is 6. The zero-order valence-electron chi connectivity index (χ0n) is 12.0. The summed E-state index contributed by atoms with van der Waals surface area (Å²) in [6, 6.07) is 6.14. The highest BCUT2D eigenvalue weighted by atomic mass is 32.2. The smallest absolute Gasteiger partial charge is 0.244 e. The normalized spacial score (nSPS) is 11.8. The van der Waals surface area contributed by atoms with E-state index < -0.39 is 10.0 Å². The molecular formula is C13H20N4O2S. The van der Waals surface area contributed by atoms with Crippen molar-refractivity contribution in [2.24, 2.45) is 0 Å². The van der Waals surface area contributed by atoms with Gasteiger partial charge in [-0.3, -0.25) is 0 Å².